The molecule has 6 nitrogen and oxygen atoms in total. The molecule has 2 aliphatic heterocycles. The van der Waals surface area contributed by atoms with E-state index in [4.69, 9.17) is 16.7 Å². The molecule has 2 saturated heterocycles. The van der Waals surface area contributed by atoms with Gasteiger partial charge in [-0.05, 0) is 97.6 Å². The molecule has 1 atom stereocenters. The van der Waals surface area contributed by atoms with E-state index in [1.165, 1.54) is 28.9 Å². The van der Waals surface area contributed by atoms with Crippen molar-refractivity contribution in [1.29, 1.82) is 0 Å². The number of halogens is 1. The molecule has 1 aromatic heterocycles. The van der Waals surface area contributed by atoms with Crippen molar-refractivity contribution in [2.75, 3.05) is 26.2 Å². The Bertz CT molecular complexity index is 1330. The number of imide groups is 1. The molecule has 0 bridgehead atoms. The minimum atomic E-state index is -0.189. The first-order chi connectivity index (χ1) is 16.6. The van der Waals surface area contributed by atoms with Crippen LogP contribution in [0.15, 0.2) is 47.5 Å². The van der Waals surface area contributed by atoms with Gasteiger partial charge in [0, 0.05) is 23.5 Å². The summed E-state index contributed by atoms with van der Waals surface area (Å²) in [4.78, 5) is 29.5. The standard InChI is InChI=1S/C26H25ClN4O2S/c27-20-5-6-21-18(15-20)4-8-23(21)31-22-7-3-17(13-19(22)16-28-31)14-24-25(32)30(26(33)34-24)12-11-29-9-1-2-10-29/h3,5-7,13-16,23H,1-2,4,8-12H2/b24-14-/t23-/m0/s1. The SMILES string of the molecule is O=C1S/C(=C\c2ccc3c(cnn3[C@H]3CCc4cc(Cl)ccc43)c2)C(=O)N1CCN1CCCC1. The molecule has 34 heavy (non-hydrogen) atoms. The topological polar surface area (TPSA) is 58.4 Å². The Labute approximate surface area is 207 Å². The Morgan fingerprint density at radius 1 is 1.09 bits per heavy atom. The van der Waals surface area contributed by atoms with Crippen molar-refractivity contribution in [2.24, 2.45) is 0 Å². The largest absolute Gasteiger partial charge is 0.302 e. The van der Waals surface area contributed by atoms with Gasteiger partial charge in [-0.25, -0.2) is 0 Å². The first-order valence-electron chi connectivity index (χ1n) is 11.8. The molecular weight excluding hydrogens is 468 g/mol. The fourth-order valence-corrected chi connectivity index (χ4v) is 6.38. The molecule has 3 heterocycles. The predicted octanol–water partition coefficient (Wildman–Crippen LogP) is 5.36. The van der Waals surface area contributed by atoms with Crippen LogP contribution in [-0.4, -0.2) is 56.9 Å². The van der Waals surface area contributed by atoms with Crippen LogP contribution in [0.2, 0.25) is 5.02 Å². The summed E-state index contributed by atoms with van der Waals surface area (Å²) in [6, 6.07) is 12.4. The van der Waals surface area contributed by atoms with Gasteiger partial charge in [-0.1, -0.05) is 23.7 Å². The predicted molar refractivity (Wildman–Crippen MR) is 136 cm³/mol. The second kappa shape index (κ2) is 8.87. The number of likely N-dealkylation sites (tertiary alicyclic amines) is 1. The van der Waals surface area contributed by atoms with Gasteiger partial charge < -0.3 is 4.90 Å². The minimum Gasteiger partial charge on any atom is -0.302 e. The van der Waals surface area contributed by atoms with E-state index in [9.17, 15) is 9.59 Å². The molecule has 0 unspecified atom stereocenters. The van der Waals surface area contributed by atoms with Crippen LogP contribution >= 0.6 is 23.4 Å². The summed E-state index contributed by atoms with van der Waals surface area (Å²) in [6.45, 7) is 3.33. The fraction of sp³-hybridized carbons (Fsp3) is 0.346. The lowest BCUT2D eigenvalue weighted by Crippen LogP contribution is -2.36. The number of nitrogens with zero attached hydrogens (tertiary/aromatic N) is 4. The maximum atomic E-state index is 12.9. The van der Waals surface area contributed by atoms with Crippen molar-refractivity contribution in [3.63, 3.8) is 0 Å². The molecule has 3 aliphatic rings. The fourth-order valence-electron chi connectivity index (χ4n) is 5.32. The summed E-state index contributed by atoms with van der Waals surface area (Å²) < 4.78 is 2.09. The normalized spacial score (nSPS) is 22.0. The summed E-state index contributed by atoms with van der Waals surface area (Å²) >= 11 is 7.21. The molecule has 2 amide bonds. The molecule has 8 heteroatoms. The highest BCUT2D eigenvalue weighted by molar-refractivity contribution is 8.18. The zero-order valence-corrected chi connectivity index (χ0v) is 20.3. The van der Waals surface area contributed by atoms with E-state index >= 15 is 0 Å². The Hall–Kier alpha value is -2.61. The molecular formula is C26H25ClN4O2S. The Kier molecular flexibility index (Phi) is 5.71. The highest BCUT2D eigenvalue weighted by Crippen LogP contribution is 2.37. The molecule has 6 rings (SSSR count). The minimum absolute atomic E-state index is 0.177. The van der Waals surface area contributed by atoms with Crippen molar-refractivity contribution in [1.82, 2.24) is 19.6 Å². The van der Waals surface area contributed by atoms with Crippen LogP contribution in [0.5, 0.6) is 0 Å². The van der Waals surface area contributed by atoms with E-state index in [1.54, 1.807) is 0 Å². The Balaban J connectivity index is 1.22. The zero-order chi connectivity index (χ0) is 23.2. The summed E-state index contributed by atoms with van der Waals surface area (Å²) in [5, 5.41) is 6.31. The number of fused-ring (bicyclic) bond motifs is 2. The number of aryl methyl sites for hydroxylation is 1. The van der Waals surface area contributed by atoms with Crippen LogP contribution in [0.1, 0.15) is 42.0 Å². The third-order valence-corrected chi connectivity index (χ3v) is 8.22. The maximum absolute atomic E-state index is 12.9. The van der Waals surface area contributed by atoms with Crippen LogP contribution in [0.3, 0.4) is 0 Å². The smallest absolute Gasteiger partial charge is 0.293 e. The lowest BCUT2D eigenvalue weighted by molar-refractivity contribution is -0.122. The lowest BCUT2D eigenvalue weighted by atomic mass is 10.1. The molecule has 3 aromatic rings. The summed E-state index contributed by atoms with van der Waals surface area (Å²) in [6.07, 6.45) is 8.09. The highest BCUT2D eigenvalue weighted by Gasteiger charge is 2.35. The van der Waals surface area contributed by atoms with Gasteiger partial charge in [-0.15, -0.1) is 0 Å². The van der Waals surface area contributed by atoms with Crippen molar-refractivity contribution < 1.29 is 9.59 Å². The Morgan fingerprint density at radius 2 is 1.94 bits per heavy atom. The average Bonchev–Trinajstić information content (AvgIpc) is 3.60. The van der Waals surface area contributed by atoms with E-state index in [-0.39, 0.29) is 17.2 Å². The van der Waals surface area contributed by atoms with E-state index in [0.717, 1.165) is 65.7 Å². The second-order valence-electron chi connectivity index (χ2n) is 9.19. The quantitative estimate of drug-likeness (QED) is 0.449. The Morgan fingerprint density at radius 3 is 2.79 bits per heavy atom. The summed E-state index contributed by atoms with van der Waals surface area (Å²) in [7, 11) is 0. The number of thioether (sulfide) groups is 1. The van der Waals surface area contributed by atoms with Crippen LogP contribution in [0, 0.1) is 0 Å². The van der Waals surface area contributed by atoms with Crippen LogP contribution < -0.4 is 0 Å². The number of aromatic nitrogens is 2. The van der Waals surface area contributed by atoms with Crippen LogP contribution in [-0.2, 0) is 11.2 Å². The van der Waals surface area contributed by atoms with Gasteiger partial charge in [-0.2, -0.15) is 5.10 Å². The van der Waals surface area contributed by atoms with Gasteiger partial charge in [0.15, 0.2) is 0 Å². The second-order valence-corrected chi connectivity index (χ2v) is 10.6. The van der Waals surface area contributed by atoms with Gasteiger partial charge in [0.1, 0.15) is 0 Å². The number of rotatable bonds is 5. The highest BCUT2D eigenvalue weighted by atomic mass is 35.5. The number of hydrogen-bond acceptors (Lipinski definition) is 5. The number of carbonyl (C=O) groups excluding carboxylic acids is 2. The maximum Gasteiger partial charge on any atom is 0.293 e. The average molecular weight is 493 g/mol. The summed E-state index contributed by atoms with van der Waals surface area (Å²) in [5.41, 5.74) is 4.53. The molecule has 0 N–H and O–H groups in total. The van der Waals surface area contributed by atoms with Gasteiger partial charge in [0.2, 0.25) is 0 Å². The van der Waals surface area contributed by atoms with Crippen molar-refractivity contribution in [2.45, 2.75) is 31.7 Å². The van der Waals surface area contributed by atoms with Crippen molar-refractivity contribution in [3.8, 4) is 0 Å². The van der Waals surface area contributed by atoms with Crippen molar-refractivity contribution in [3.05, 3.63) is 69.2 Å². The van der Waals surface area contributed by atoms with E-state index < -0.39 is 0 Å². The number of amides is 2. The number of hydrogen-bond donors (Lipinski definition) is 0. The van der Waals surface area contributed by atoms with E-state index in [1.807, 2.05) is 30.5 Å². The van der Waals surface area contributed by atoms with Gasteiger partial charge in [-0.3, -0.25) is 19.2 Å². The van der Waals surface area contributed by atoms with E-state index in [0.29, 0.717) is 11.4 Å². The molecule has 0 spiro atoms. The zero-order valence-electron chi connectivity index (χ0n) is 18.7. The third-order valence-electron chi connectivity index (χ3n) is 7.08. The van der Waals surface area contributed by atoms with Gasteiger partial charge >= 0.3 is 0 Å². The van der Waals surface area contributed by atoms with E-state index in [2.05, 4.69) is 27.8 Å². The van der Waals surface area contributed by atoms with Crippen LogP contribution in [0.25, 0.3) is 17.0 Å². The molecule has 174 valence electrons. The molecule has 0 saturated carbocycles. The monoisotopic (exact) mass is 492 g/mol. The summed E-state index contributed by atoms with van der Waals surface area (Å²) in [5.74, 6) is -0.189. The third kappa shape index (κ3) is 3.96. The first-order valence-corrected chi connectivity index (χ1v) is 13.0. The van der Waals surface area contributed by atoms with Crippen LogP contribution in [0.4, 0.5) is 4.79 Å². The molecule has 2 fully saturated rings. The molecule has 2 aromatic carbocycles. The van der Waals surface area contributed by atoms with Gasteiger partial charge in [0.25, 0.3) is 11.1 Å². The number of carbonyl (C=O) groups is 2. The first kappa shape index (κ1) is 21.9. The molecule has 1 aliphatic carbocycles. The number of benzene rings is 2. The molecule has 0 radical (unpaired) electrons. The lowest BCUT2D eigenvalue weighted by Gasteiger charge is -2.18. The van der Waals surface area contributed by atoms with Gasteiger partial charge in [0.05, 0.1) is 22.7 Å². The van der Waals surface area contributed by atoms with Crippen molar-refractivity contribution >= 4 is 51.5 Å².